The zero-order chi connectivity index (χ0) is 15.9. The molecule has 4 atom stereocenters. The molecule has 5 heteroatoms. The van der Waals surface area contributed by atoms with E-state index in [4.69, 9.17) is 5.73 Å². The Morgan fingerprint density at radius 2 is 1.91 bits per heavy atom. The number of hydrogen-bond donors (Lipinski definition) is 3. The number of hydrogen-bond acceptors (Lipinski definition) is 4. The summed E-state index contributed by atoms with van der Waals surface area (Å²) in [5, 5.41) is 0. The second-order valence-electron chi connectivity index (χ2n) is 8.44. The van der Waals surface area contributed by atoms with Crippen molar-refractivity contribution in [1.82, 2.24) is 0 Å². The van der Waals surface area contributed by atoms with Gasteiger partial charge in [-0.15, -0.1) is 10.8 Å². The maximum atomic E-state index is 10.2. The zero-order valence-electron chi connectivity index (χ0n) is 13.4. The van der Waals surface area contributed by atoms with Crippen molar-refractivity contribution in [2.24, 2.45) is 17.6 Å². The van der Waals surface area contributed by atoms with E-state index in [1.54, 1.807) is 4.31 Å². The van der Waals surface area contributed by atoms with Gasteiger partial charge in [0.05, 0.1) is 11.4 Å². The van der Waals surface area contributed by atoms with E-state index in [0.29, 0.717) is 11.7 Å². The number of nitrogens with two attached hydrogens (primary N) is 1. The molecule has 0 radical (unpaired) electrons. The molecule has 1 aromatic rings. The van der Waals surface area contributed by atoms with E-state index in [1.807, 2.05) is 0 Å². The van der Waals surface area contributed by atoms with Gasteiger partial charge in [-0.25, -0.2) is 0 Å². The maximum absolute atomic E-state index is 10.2. The highest BCUT2D eigenvalue weighted by molar-refractivity contribution is 8.25. The van der Waals surface area contributed by atoms with Gasteiger partial charge in [0.25, 0.3) is 0 Å². The highest BCUT2D eigenvalue weighted by Gasteiger charge is 2.62. The first kappa shape index (κ1) is 14.6. The minimum absolute atomic E-state index is 0.0893. The molecule has 1 saturated heterocycles. The minimum atomic E-state index is -2.59. The van der Waals surface area contributed by atoms with Gasteiger partial charge in [0.1, 0.15) is 0 Å². The van der Waals surface area contributed by atoms with Crippen LogP contribution in [0.2, 0.25) is 0 Å². The van der Waals surface area contributed by atoms with Crippen molar-refractivity contribution in [3.8, 4) is 0 Å². The van der Waals surface area contributed by atoms with Gasteiger partial charge < -0.3 is 5.73 Å². The van der Waals surface area contributed by atoms with Crippen LogP contribution in [0.5, 0.6) is 0 Å². The predicted molar refractivity (Wildman–Crippen MR) is 94.8 cm³/mol. The Bertz CT molecular complexity index is 649. The maximum Gasteiger partial charge on any atom is 0.0596 e. The van der Waals surface area contributed by atoms with Crippen LogP contribution in [-0.4, -0.2) is 26.9 Å². The van der Waals surface area contributed by atoms with Crippen LogP contribution in [-0.2, 0) is 5.41 Å². The van der Waals surface area contributed by atoms with Crippen molar-refractivity contribution in [3.63, 3.8) is 0 Å². The van der Waals surface area contributed by atoms with Crippen molar-refractivity contribution < 1.29 is 9.11 Å². The van der Waals surface area contributed by atoms with E-state index < -0.39 is 10.8 Å². The predicted octanol–water partition coefficient (Wildman–Crippen LogP) is 3.72. The summed E-state index contributed by atoms with van der Waals surface area (Å²) in [4.78, 5) is 0. The summed E-state index contributed by atoms with van der Waals surface area (Å²) >= 11 is 0. The molecule has 0 spiro atoms. The summed E-state index contributed by atoms with van der Waals surface area (Å²) in [6.07, 6.45) is 7.10. The molecule has 0 amide bonds. The van der Waals surface area contributed by atoms with Crippen molar-refractivity contribution in [3.05, 3.63) is 29.8 Å². The highest BCUT2D eigenvalue weighted by atomic mass is 32.3. The number of benzene rings is 1. The van der Waals surface area contributed by atoms with E-state index in [-0.39, 0.29) is 11.0 Å². The molecular weight excluding hydrogens is 308 g/mol. The van der Waals surface area contributed by atoms with Crippen LogP contribution in [0.25, 0.3) is 0 Å². The SMILES string of the molecule is NC12CC3CC1CC(c1ccc(N4CCCS4(O)O)cc1)(C3)C2. The Morgan fingerprint density at radius 1 is 1.13 bits per heavy atom. The smallest absolute Gasteiger partial charge is 0.0596 e. The molecule has 4 bridgehead atoms. The average molecular weight is 334 g/mol. The second-order valence-corrected chi connectivity index (χ2v) is 10.6. The molecule has 4 N–H and O–H groups in total. The minimum Gasteiger partial charge on any atom is -0.325 e. The van der Waals surface area contributed by atoms with Gasteiger partial charge in [-0.3, -0.25) is 13.4 Å². The fourth-order valence-corrected chi connectivity index (χ4v) is 7.86. The molecular formula is C18H26N2O2S. The lowest BCUT2D eigenvalue weighted by Crippen LogP contribution is -2.43. The Kier molecular flexibility index (Phi) is 2.82. The largest absolute Gasteiger partial charge is 0.325 e. The van der Waals surface area contributed by atoms with Crippen LogP contribution in [0.15, 0.2) is 24.3 Å². The van der Waals surface area contributed by atoms with E-state index in [1.165, 1.54) is 31.2 Å². The molecule has 5 aliphatic rings. The van der Waals surface area contributed by atoms with Crippen molar-refractivity contribution >= 4 is 16.5 Å². The Hall–Kier alpha value is -0.750. The molecule has 23 heavy (non-hydrogen) atoms. The van der Waals surface area contributed by atoms with Crippen LogP contribution in [0.1, 0.15) is 44.1 Å². The van der Waals surface area contributed by atoms with E-state index in [2.05, 4.69) is 24.3 Å². The topological polar surface area (TPSA) is 69.7 Å². The van der Waals surface area contributed by atoms with Crippen LogP contribution >= 0.6 is 10.8 Å². The van der Waals surface area contributed by atoms with Crippen molar-refractivity contribution in [2.75, 3.05) is 16.6 Å². The standard InChI is InChI=1S/C18H26N2O2S/c19-18-10-13-8-15(18)11-17(9-13,12-18)14-2-4-16(5-3-14)20-6-1-7-23(20,21)22/h2-5,13,15,21-22H,1,6-12,19H2. The lowest BCUT2D eigenvalue weighted by Gasteiger charge is -2.41. The Labute approximate surface area is 139 Å². The average Bonchev–Trinajstić information content (AvgIpc) is 3.02. The van der Waals surface area contributed by atoms with Gasteiger partial charge in [0.2, 0.25) is 0 Å². The van der Waals surface area contributed by atoms with Crippen molar-refractivity contribution in [2.45, 2.75) is 49.5 Å². The van der Waals surface area contributed by atoms with Gasteiger partial charge in [-0.2, -0.15) is 0 Å². The number of anilines is 1. The summed E-state index contributed by atoms with van der Waals surface area (Å²) in [7, 11) is -2.59. The van der Waals surface area contributed by atoms with E-state index in [9.17, 15) is 9.11 Å². The first-order valence-corrected chi connectivity index (χ1v) is 10.5. The highest BCUT2D eigenvalue weighted by Crippen LogP contribution is 2.65. The van der Waals surface area contributed by atoms with Gasteiger partial charge in [-0.1, -0.05) is 12.1 Å². The molecule has 4 saturated carbocycles. The van der Waals surface area contributed by atoms with Crippen LogP contribution in [0.3, 0.4) is 0 Å². The Morgan fingerprint density at radius 3 is 2.52 bits per heavy atom. The summed E-state index contributed by atoms with van der Waals surface area (Å²) < 4.78 is 22.1. The third kappa shape index (κ3) is 1.97. The molecule has 1 aromatic carbocycles. The normalized spacial score (nSPS) is 44.9. The van der Waals surface area contributed by atoms with E-state index >= 15 is 0 Å². The molecule has 4 aliphatic carbocycles. The molecule has 1 heterocycles. The Balaban J connectivity index is 1.45. The first-order chi connectivity index (χ1) is 10.9. The van der Waals surface area contributed by atoms with Crippen LogP contribution < -0.4 is 10.0 Å². The molecule has 4 nitrogen and oxygen atoms in total. The summed E-state index contributed by atoms with van der Waals surface area (Å²) in [6, 6.07) is 8.61. The molecule has 6 rings (SSSR count). The second kappa shape index (κ2) is 4.45. The molecule has 1 aliphatic heterocycles. The summed E-state index contributed by atoms with van der Waals surface area (Å²) in [5.41, 5.74) is 9.44. The molecule has 5 fully saturated rings. The van der Waals surface area contributed by atoms with Crippen LogP contribution in [0, 0.1) is 11.8 Å². The van der Waals surface area contributed by atoms with Gasteiger partial charge in [-0.05, 0) is 73.5 Å². The molecule has 0 aromatic heterocycles. The molecule has 4 unspecified atom stereocenters. The van der Waals surface area contributed by atoms with Crippen molar-refractivity contribution in [1.29, 1.82) is 0 Å². The van der Waals surface area contributed by atoms with E-state index in [0.717, 1.165) is 31.0 Å². The zero-order valence-corrected chi connectivity index (χ0v) is 14.3. The monoisotopic (exact) mass is 334 g/mol. The summed E-state index contributed by atoms with van der Waals surface area (Å²) in [5.74, 6) is 2.03. The lowest BCUT2D eigenvalue weighted by atomic mass is 9.65. The van der Waals surface area contributed by atoms with Gasteiger partial charge in [0, 0.05) is 12.1 Å². The fraction of sp³-hybridized carbons (Fsp3) is 0.667. The van der Waals surface area contributed by atoms with Crippen LogP contribution in [0.4, 0.5) is 5.69 Å². The third-order valence-electron chi connectivity index (χ3n) is 6.98. The third-order valence-corrected chi connectivity index (χ3v) is 8.92. The fourth-order valence-electron chi connectivity index (χ4n) is 6.24. The lowest BCUT2D eigenvalue weighted by molar-refractivity contribution is 0.221. The number of rotatable bonds is 2. The van der Waals surface area contributed by atoms with Gasteiger partial charge >= 0.3 is 0 Å². The first-order valence-electron chi connectivity index (χ1n) is 8.83. The molecule has 126 valence electrons. The quantitative estimate of drug-likeness (QED) is 0.771. The number of nitrogens with zero attached hydrogens (tertiary/aromatic N) is 1. The van der Waals surface area contributed by atoms with Gasteiger partial charge in [0.15, 0.2) is 0 Å². The summed E-state index contributed by atoms with van der Waals surface area (Å²) in [6.45, 7) is 0.739.